The molecule has 0 heterocycles. The van der Waals surface area contributed by atoms with Crippen molar-refractivity contribution in [3.63, 3.8) is 0 Å². The monoisotopic (exact) mass is 174 g/mol. The quantitative estimate of drug-likeness (QED) is 0.534. The maximum Gasteiger partial charge on any atom is 0.154 e. The van der Waals surface area contributed by atoms with Crippen molar-refractivity contribution < 1.29 is 15.3 Å². The molecule has 2 unspecified atom stereocenters. The van der Waals surface area contributed by atoms with Gasteiger partial charge >= 0.3 is 0 Å². The van der Waals surface area contributed by atoms with Crippen LogP contribution >= 0.6 is 0 Å². The molecule has 0 amide bonds. The summed E-state index contributed by atoms with van der Waals surface area (Å²) in [6.45, 7) is 3.56. The van der Waals surface area contributed by atoms with Gasteiger partial charge in [0.2, 0.25) is 0 Å². The molecule has 0 spiro atoms. The van der Waals surface area contributed by atoms with Crippen LogP contribution in [-0.2, 0) is 0 Å². The third-order valence-corrected chi connectivity index (χ3v) is 2.89. The Bertz CT molecular complexity index is 148. The standard InChI is InChI=1S/C9H18O3/c1-9(2,12)7-4-3-6(5-7)8(10)11/h6-8,10-12H,3-5H2,1-2H3. The fraction of sp³-hybridized carbons (Fsp3) is 1.00. The minimum Gasteiger partial charge on any atom is -0.390 e. The lowest BCUT2D eigenvalue weighted by atomic mass is 9.89. The van der Waals surface area contributed by atoms with Crippen LogP contribution in [-0.4, -0.2) is 27.2 Å². The van der Waals surface area contributed by atoms with Gasteiger partial charge in [0.15, 0.2) is 6.29 Å². The molecule has 3 N–H and O–H groups in total. The molecule has 0 aliphatic heterocycles. The van der Waals surface area contributed by atoms with E-state index in [0.29, 0.717) is 0 Å². The third-order valence-electron chi connectivity index (χ3n) is 2.89. The Labute approximate surface area is 73.0 Å². The molecular formula is C9H18O3. The first kappa shape index (κ1) is 9.96. The van der Waals surface area contributed by atoms with Crippen molar-refractivity contribution in [2.75, 3.05) is 0 Å². The van der Waals surface area contributed by atoms with Gasteiger partial charge in [0.25, 0.3) is 0 Å². The molecule has 1 aliphatic carbocycles. The SMILES string of the molecule is CC(C)(O)C1CCC(C(O)O)C1. The van der Waals surface area contributed by atoms with E-state index >= 15 is 0 Å². The zero-order valence-corrected chi connectivity index (χ0v) is 7.70. The summed E-state index contributed by atoms with van der Waals surface area (Å²) in [6, 6.07) is 0. The molecule has 1 aliphatic rings. The van der Waals surface area contributed by atoms with Gasteiger partial charge in [-0.25, -0.2) is 0 Å². The van der Waals surface area contributed by atoms with E-state index in [4.69, 9.17) is 10.2 Å². The lowest BCUT2D eigenvalue weighted by Gasteiger charge is -2.25. The summed E-state index contributed by atoms with van der Waals surface area (Å²) in [6.07, 6.45) is 1.22. The Morgan fingerprint density at radius 3 is 2.08 bits per heavy atom. The van der Waals surface area contributed by atoms with E-state index < -0.39 is 11.9 Å². The summed E-state index contributed by atoms with van der Waals surface area (Å²) < 4.78 is 0. The van der Waals surface area contributed by atoms with Crippen LogP contribution in [0.25, 0.3) is 0 Å². The predicted molar refractivity (Wildman–Crippen MR) is 45.4 cm³/mol. The Morgan fingerprint density at radius 2 is 1.83 bits per heavy atom. The number of rotatable bonds is 2. The van der Waals surface area contributed by atoms with Gasteiger partial charge < -0.3 is 15.3 Å². The first-order chi connectivity index (χ1) is 5.41. The van der Waals surface area contributed by atoms with Crippen LogP contribution in [0, 0.1) is 11.8 Å². The van der Waals surface area contributed by atoms with E-state index in [0.717, 1.165) is 19.3 Å². The van der Waals surface area contributed by atoms with Crippen molar-refractivity contribution in [3.8, 4) is 0 Å². The molecule has 0 saturated heterocycles. The van der Waals surface area contributed by atoms with Crippen LogP contribution in [0.2, 0.25) is 0 Å². The smallest absolute Gasteiger partial charge is 0.154 e. The summed E-state index contributed by atoms with van der Waals surface area (Å²) in [5.41, 5.74) is -0.677. The normalized spacial score (nSPS) is 31.5. The largest absolute Gasteiger partial charge is 0.390 e. The average Bonchev–Trinajstić information content (AvgIpc) is 2.30. The zero-order valence-electron chi connectivity index (χ0n) is 7.70. The van der Waals surface area contributed by atoms with E-state index in [2.05, 4.69) is 0 Å². The molecule has 1 rings (SSSR count). The molecule has 1 fully saturated rings. The van der Waals surface area contributed by atoms with Crippen LogP contribution < -0.4 is 0 Å². The molecule has 2 atom stereocenters. The van der Waals surface area contributed by atoms with Gasteiger partial charge in [-0.2, -0.15) is 0 Å². The second kappa shape index (κ2) is 3.32. The van der Waals surface area contributed by atoms with E-state index in [1.807, 2.05) is 0 Å². The molecule has 0 bridgehead atoms. The number of aliphatic hydroxyl groups is 3. The Balaban J connectivity index is 2.46. The highest BCUT2D eigenvalue weighted by molar-refractivity contribution is 4.86. The molecular weight excluding hydrogens is 156 g/mol. The second-order valence-electron chi connectivity index (χ2n) is 4.34. The lowest BCUT2D eigenvalue weighted by molar-refractivity contribution is -0.0855. The lowest BCUT2D eigenvalue weighted by Crippen LogP contribution is -2.29. The van der Waals surface area contributed by atoms with Crippen LogP contribution in [0.5, 0.6) is 0 Å². The van der Waals surface area contributed by atoms with Crippen LogP contribution in [0.4, 0.5) is 0 Å². The van der Waals surface area contributed by atoms with Gasteiger partial charge in [-0.1, -0.05) is 0 Å². The van der Waals surface area contributed by atoms with Crippen LogP contribution in [0.3, 0.4) is 0 Å². The van der Waals surface area contributed by atoms with Crippen molar-refractivity contribution in [1.82, 2.24) is 0 Å². The Hall–Kier alpha value is -0.120. The minimum atomic E-state index is -1.21. The highest BCUT2D eigenvalue weighted by Crippen LogP contribution is 2.38. The first-order valence-corrected chi connectivity index (χ1v) is 4.50. The summed E-state index contributed by atoms with van der Waals surface area (Å²) in [4.78, 5) is 0. The van der Waals surface area contributed by atoms with Gasteiger partial charge in [-0.15, -0.1) is 0 Å². The Kier molecular flexibility index (Phi) is 2.76. The molecule has 0 radical (unpaired) electrons. The first-order valence-electron chi connectivity index (χ1n) is 4.50. The van der Waals surface area contributed by atoms with Crippen molar-refractivity contribution in [2.24, 2.45) is 11.8 Å². The van der Waals surface area contributed by atoms with E-state index in [1.165, 1.54) is 0 Å². The molecule has 0 aromatic rings. The predicted octanol–water partition coefficient (Wildman–Crippen LogP) is 0.484. The summed E-state index contributed by atoms with van der Waals surface area (Å²) in [7, 11) is 0. The fourth-order valence-electron chi connectivity index (χ4n) is 1.93. The van der Waals surface area contributed by atoms with Crippen molar-refractivity contribution >= 4 is 0 Å². The summed E-state index contributed by atoms with van der Waals surface area (Å²) in [5, 5.41) is 27.5. The molecule has 12 heavy (non-hydrogen) atoms. The third kappa shape index (κ3) is 2.19. The topological polar surface area (TPSA) is 60.7 Å². The maximum absolute atomic E-state index is 9.65. The molecule has 72 valence electrons. The molecule has 3 heteroatoms. The van der Waals surface area contributed by atoms with Crippen molar-refractivity contribution in [2.45, 2.75) is 45.0 Å². The number of hydrogen-bond acceptors (Lipinski definition) is 3. The van der Waals surface area contributed by atoms with E-state index in [9.17, 15) is 5.11 Å². The van der Waals surface area contributed by atoms with E-state index in [1.54, 1.807) is 13.8 Å². The van der Waals surface area contributed by atoms with Gasteiger partial charge in [0.05, 0.1) is 5.60 Å². The second-order valence-corrected chi connectivity index (χ2v) is 4.34. The molecule has 0 aromatic heterocycles. The van der Waals surface area contributed by atoms with Gasteiger partial charge in [-0.05, 0) is 39.0 Å². The summed E-state index contributed by atoms with van der Waals surface area (Å²) in [5.74, 6) is 0.172. The van der Waals surface area contributed by atoms with Gasteiger partial charge in [0, 0.05) is 5.92 Å². The zero-order chi connectivity index (χ0) is 9.35. The summed E-state index contributed by atoms with van der Waals surface area (Å²) >= 11 is 0. The Morgan fingerprint density at radius 1 is 1.25 bits per heavy atom. The van der Waals surface area contributed by atoms with Crippen LogP contribution in [0.1, 0.15) is 33.1 Å². The highest BCUT2D eigenvalue weighted by Gasteiger charge is 2.36. The fourth-order valence-corrected chi connectivity index (χ4v) is 1.93. The number of aliphatic hydroxyl groups excluding tert-OH is 1. The maximum atomic E-state index is 9.65. The van der Waals surface area contributed by atoms with Gasteiger partial charge in [-0.3, -0.25) is 0 Å². The number of hydrogen-bond donors (Lipinski definition) is 3. The molecule has 0 aromatic carbocycles. The molecule has 1 saturated carbocycles. The van der Waals surface area contributed by atoms with E-state index in [-0.39, 0.29) is 11.8 Å². The highest BCUT2D eigenvalue weighted by atomic mass is 16.5. The van der Waals surface area contributed by atoms with Crippen molar-refractivity contribution in [3.05, 3.63) is 0 Å². The van der Waals surface area contributed by atoms with Crippen LogP contribution in [0.15, 0.2) is 0 Å². The average molecular weight is 174 g/mol. The van der Waals surface area contributed by atoms with Gasteiger partial charge in [0.1, 0.15) is 0 Å². The van der Waals surface area contributed by atoms with Crippen molar-refractivity contribution in [1.29, 1.82) is 0 Å². The molecule has 3 nitrogen and oxygen atoms in total. The minimum absolute atomic E-state index is 0.0403.